The van der Waals surface area contributed by atoms with Crippen molar-refractivity contribution < 1.29 is 28.6 Å². The van der Waals surface area contributed by atoms with Gasteiger partial charge in [0.25, 0.3) is 0 Å². The molecule has 0 amide bonds. The molecule has 1 aliphatic heterocycles. The van der Waals surface area contributed by atoms with Crippen LogP contribution in [0.15, 0.2) is 0 Å². The maximum atomic E-state index is 11.5. The van der Waals surface area contributed by atoms with Crippen molar-refractivity contribution in [3.05, 3.63) is 0 Å². The molecule has 0 aromatic carbocycles. The lowest BCUT2D eigenvalue weighted by atomic mass is 10.1. The van der Waals surface area contributed by atoms with Gasteiger partial charge >= 0.3 is 5.97 Å². The van der Waals surface area contributed by atoms with E-state index in [1.165, 1.54) is 7.11 Å². The maximum Gasteiger partial charge on any atom is 0.313 e. The first-order chi connectivity index (χ1) is 9.11. The van der Waals surface area contributed by atoms with Crippen molar-refractivity contribution in [3.63, 3.8) is 0 Å². The highest BCUT2D eigenvalue weighted by Crippen LogP contribution is 2.13. The first kappa shape index (κ1) is 15.8. The highest BCUT2D eigenvalue weighted by Gasteiger charge is 2.16. The lowest BCUT2D eigenvalue weighted by molar-refractivity contribution is -0.169. The Hall–Kier alpha value is -1.27. The zero-order valence-corrected chi connectivity index (χ0v) is 11.2. The summed E-state index contributed by atoms with van der Waals surface area (Å²) in [7, 11) is 1.22. The third-order valence-corrected chi connectivity index (χ3v) is 2.82. The van der Waals surface area contributed by atoms with Crippen LogP contribution in [0.4, 0.5) is 0 Å². The molecule has 0 bridgehead atoms. The minimum absolute atomic E-state index is 0.0445. The number of esters is 1. The smallest absolute Gasteiger partial charge is 0.313 e. The summed E-state index contributed by atoms with van der Waals surface area (Å²) in [6.45, 7) is 0.618. The number of hydrogen-bond acceptors (Lipinski definition) is 6. The van der Waals surface area contributed by atoms with Crippen molar-refractivity contribution in [2.24, 2.45) is 0 Å². The van der Waals surface area contributed by atoms with Crippen LogP contribution >= 0.6 is 0 Å². The minimum Gasteiger partial charge on any atom is -0.469 e. The average molecular weight is 272 g/mol. The van der Waals surface area contributed by atoms with E-state index in [2.05, 4.69) is 4.74 Å². The van der Waals surface area contributed by atoms with Gasteiger partial charge in [0.1, 0.15) is 18.8 Å². The predicted molar refractivity (Wildman–Crippen MR) is 65.4 cm³/mol. The second-order valence-electron chi connectivity index (χ2n) is 4.44. The van der Waals surface area contributed by atoms with Gasteiger partial charge < -0.3 is 14.2 Å². The van der Waals surface area contributed by atoms with Gasteiger partial charge in [-0.2, -0.15) is 0 Å². The zero-order valence-electron chi connectivity index (χ0n) is 11.2. The molecule has 1 rings (SSSR count). The number of ether oxygens (including phenoxy) is 3. The third-order valence-electron chi connectivity index (χ3n) is 2.82. The molecule has 6 heteroatoms. The van der Waals surface area contributed by atoms with Gasteiger partial charge in [-0.05, 0) is 19.3 Å². The Bertz CT molecular complexity index is 319. The molecule has 1 saturated heterocycles. The van der Waals surface area contributed by atoms with Crippen molar-refractivity contribution in [1.82, 2.24) is 0 Å². The van der Waals surface area contributed by atoms with E-state index in [4.69, 9.17) is 9.47 Å². The molecular formula is C13H20O6. The molecule has 0 spiro atoms. The van der Waals surface area contributed by atoms with Gasteiger partial charge in [-0.25, -0.2) is 0 Å². The molecule has 1 unspecified atom stereocenters. The van der Waals surface area contributed by atoms with Crippen molar-refractivity contribution in [2.45, 2.75) is 44.8 Å². The van der Waals surface area contributed by atoms with Crippen LogP contribution in [0.5, 0.6) is 0 Å². The molecule has 108 valence electrons. The van der Waals surface area contributed by atoms with Crippen LogP contribution in [-0.4, -0.2) is 44.1 Å². The van der Waals surface area contributed by atoms with E-state index in [0.29, 0.717) is 6.61 Å². The van der Waals surface area contributed by atoms with Crippen LogP contribution in [0.25, 0.3) is 0 Å². The molecule has 0 radical (unpaired) electrons. The molecule has 0 saturated carbocycles. The van der Waals surface area contributed by atoms with Gasteiger partial charge in [-0.15, -0.1) is 0 Å². The van der Waals surface area contributed by atoms with E-state index >= 15 is 0 Å². The minimum atomic E-state index is -0.579. The number of carbonyl (C=O) groups excluding carboxylic acids is 3. The highest BCUT2D eigenvalue weighted by molar-refractivity contribution is 5.97. The Morgan fingerprint density at radius 1 is 1.16 bits per heavy atom. The molecular weight excluding hydrogens is 252 g/mol. The van der Waals surface area contributed by atoms with E-state index in [9.17, 15) is 14.4 Å². The third kappa shape index (κ3) is 7.03. The number of rotatable bonds is 8. The Morgan fingerprint density at radius 3 is 2.53 bits per heavy atom. The maximum absolute atomic E-state index is 11.5. The standard InChI is InChI=1S/C13H20O6/c1-17-12(16)8-10(14)5-6-11(15)9-19-13-4-2-3-7-18-13/h13H,2-9H2,1H3. The van der Waals surface area contributed by atoms with Crippen molar-refractivity contribution in [1.29, 1.82) is 0 Å². The van der Waals surface area contributed by atoms with Crippen molar-refractivity contribution >= 4 is 17.5 Å². The lowest BCUT2D eigenvalue weighted by Crippen LogP contribution is -2.25. The normalized spacial score (nSPS) is 18.9. The van der Waals surface area contributed by atoms with Crippen LogP contribution < -0.4 is 0 Å². The SMILES string of the molecule is COC(=O)CC(=O)CCC(=O)COC1CCCCO1. The summed E-state index contributed by atoms with van der Waals surface area (Å²) in [6, 6.07) is 0. The molecule has 0 aromatic rings. The van der Waals surface area contributed by atoms with Gasteiger partial charge in [-0.3, -0.25) is 14.4 Å². The Labute approximate surface area is 112 Å². The largest absolute Gasteiger partial charge is 0.469 e. The number of methoxy groups -OCH3 is 1. The highest BCUT2D eigenvalue weighted by atomic mass is 16.7. The van der Waals surface area contributed by atoms with Crippen molar-refractivity contribution in [3.8, 4) is 0 Å². The molecule has 1 heterocycles. The monoisotopic (exact) mass is 272 g/mol. The summed E-state index contributed by atoms with van der Waals surface area (Å²) in [5.41, 5.74) is 0. The Balaban J connectivity index is 2.10. The summed E-state index contributed by atoms with van der Waals surface area (Å²) in [6.07, 6.45) is 2.41. The quantitative estimate of drug-likeness (QED) is 0.484. The molecule has 6 nitrogen and oxygen atoms in total. The van der Waals surface area contributed by atoms with Crippen LogP contribution in [0.2, 0.25) is 0 Å². The molecule has 0 N–H and O–H groups in total. The van der Waals surface area contributed by atoms with Gasteiger partial charge in [0.2, 0.25) is 0 Å². The lowest BCUT2D eigenvalue weighted by Gasteiger charge is -2.22. The Kier molecular flexibility index (Phi) is 7.28. The molecule has 0 aliphatic carbocycles. The second kappa shape index (κ2) is 8.77. The number of hydrogen-bond donors (Lipinski definition) is 0. The van der Waals surface area contributed by atoms with E-state index in [-0.39, 0.29) is 43.7 Å². The van der Waals surface area contributed by atoms with Gasteiger partial charge in [0.05, 0.1) is 7.11 Å². The summed E-state index contributed by atoms with van der Waals surface area (Å²) in [4.78, 5) is 33.6. The van der Waals surface area contributed by atoms with Crippen molar-refractivity contribution in [2.75, 3.05) is 20.3 Å². The average Bonchev–Trinajstić information content (AvgIpc) is 2.43. The number of carbonyl (C=O) groups is 3. The first-order valence-corrected chi connectivity index (χ1v) is 6.45. The first-order valence-electron chi connectivity index (χ1n) is 6.45. The fourth-order valence-corrected chi connectivity index (χ4v) is 1.70. The zero-order chi connectivity index (χ0) is 14.1. The predicted octanol–water partition coefficient (Wildman–Crippen LogP) is 1.01. The summed E-state index contributed by atoms with van der Waals surface area (Å²) in [5.74, 6) is -1.04. The van der Waals surface area contributed by atoms with E-state index < -0.39 is 5.97 Å². The van der Waals surface area contributed by atoms with Gasteiger partial charge in [-0.1, -0.05) is 0 Å². The molecule has 0 aromatic heterocycles. The summed E-state index contributed by atoms with van der Waals surface area (Å²) < 4.78 is 15.0. The van der Waals surface area contributed by atoms with E-state index in [1.54, 1.807) is 0 Å². The van der Waals surface area contributed by atoms with E-state index in [1.807, 2.05) is 0 Å². The second-order valence-corrected chi connectivity index (χ2v) is 4.44. The van der Waals surface area contributed by atoms with Crippen LogP contribution in [-0.2, 0) is 28.6 Å². The van der Waals surface area contributed by atoms with Crippen LogP contribution in [0, 0.1) is 0 Å². The molecule has 1 atom stereocenters. The molecule has 1 aliphatic rings. The fraction of sp³-hybridized carbons (Fsp3) is 0.769. The molecule has 19 heavy (non-hydrogen) atoms. The summed E-state index contributed by atoms with van der Waals surface area (Å²) >= 11 is 0. The number of ketones is 2. The number of Topliss-reactive ketones (excluding diaryl/α,β-unsaturated/α-hetero) is 2. The molecule has 1 fully saturated rings. The van der Waals surface area contributed by atoms with E-state index in [0.717, 1.165) is 19.3 Å². The Morgan fingerprint density at radius 2 is 1.89 bits per heavy atom. The van der Waals surface area contributed by atoms with Gasteiger partial charge in [0.15, 0.2) is 12.1 Å². The van der Waals surface area contributed by atoms with Crippen LogP contribution in [0.1, 0.15) is 38.5 Å². The fourth-order valence-electron chi connectivity index (χ4n) is 1.70. The van der Waals surface area contributed by atoms with Crippen LogP contribution in [0.3, 0.4) is 0 Å². The van der Waals surface area contributed by atoms with Gasteiger partial charge in [0, 0.05) is 19.4 Å². The summed E-state index contributed by atoms with van der Waals surface area (Å²) in [5, 5.41) is 0. The topological polar surface area (TPSA) is 78.9 Å².